The fraction of sp³-hybridized carbons (Fsp3) is 0.118. The van der Waals surface area contributed by atoms with Crippen molar-refractivity contribution in [2.45, 2.75) is 11.4 Å². The van der Waals surface area contributed by atoms with Gasteiger partial charge in [0, 0.05) is 22.5 Å². The molecule has 0 bridgehead atoms. The first kappa shape index (κ1) is 17.5. The fourth-order valence-corrected chi connectivity index (χ4v) is 3.32. The Kier molecular flexibility index (Phi) is 4.80. The van der Waals surface area contributed by atoms with Gasteiger partial charge in [-0.1, -0.05) is 23.7 Å². The van der Waals surface area contributed by atoms with Crippen molar-refractivity contribution in [2.24, 2.45) is 0 Å². The van der Waals surface area contributed by atoms with Gasteiger partial charge in [-0.3, -0.25) is 4.79 Å². The van der Waals surface area contributed by atoms with Gasteiger partial charge in [0.25, 0.3) is 5.91 Å². The minimum Gasteiger partial charge on any atom is -0.351 e. The van der Waals surface area contributed by atoms with Crippen LogP contribution in [0, 0.1) is 0 Å². The number of H-pyrrole nitrogens is 1. The van der Waals surface area contributed by atoms with E-state index in [2.05, 4.69) is 15.0 Å². The van der Waals surface area contributed by atoms with Gasteiger partial charge in [0.1, 0.15) is 5.69 Å². The average molecular weight is 378 g/mol. The van der Waals surface area contributed by atoms with Gasteiger partial charge in [0.05, 0.1) is 4.90 Å². The lowest BCUT2D eigenvalue weighted by atomic mass is 10.2. The lowest BCUT2D eigenvalue weighted by Gasteiger charge is -2.06. The second-order valence-corrected chi connectivity index (χ2v) is 7.77. The Morgan fingerprint density at radius 3 is 2.52 bits per heavy atom. The molecule has 0 fully saturated rings. The second-order valence-electron chi connectivity index (χ2n) is 5.45. The van der Waals surface area contributed by atoms with E-state index in [1.54, 1.807) is 30.3 Å². The van der Waals surface area contributed by atoms with Crippen LogP contribution in [0.3, 0.4) is 0 Å². The van der Waals surface area contributed by atoms with E-state index in [9.17, 15) is 13.2 Å². The molecule has 0 saturated heterocycles. The number of nitrogens with one attached hydrogen (secondary N) is 3. The molecular formula is C17H16ClN3O3S. The number of hydrogen-bond donors (Lipinski definition) is 3. The number of fused-ring (bicyclic) bond motifs is 1. The molecule has 3 rings (SSSR count). The summed E-state index contributed by atoms with van der Waals surface area (Å²) in [5.74, 6) is -0.251. The molecule has 2 aromatic carbocycles. The molecule has 0 unspecified atom stereocenters. The summed E-state index contributed by atoms with van der Waals surface area (Å²) in [6.07, 6.45) is 0. The van der Waals surface area contributed by atoms with Crippen LogP contribution in [0.2, 0.25) is 5.02 Å². The topological polar surface area (TPSA) is 91.1 Å². The van der Waals surface area contributed by atoms with Gasteiger partial charge in [-0.25, -0.2) is 13.1 Å². The summed E-state index contributed by atoms with van der Waals surface area (Å²) in [6, 6.07) is 13.4. The first-order valence-electron chi connectivity index (χ1n) is 7.48. The van der Waals surface area contributed by atoms with Crippen LogP contribution in [0.15, 0.2) is 53.4 Å². The number of carbonyl (C=O) groups excluding carboxylic acids is 1. The SMILES string of the molecule is CNS(=O)(=O)c1ccc(CNC(=O)c2cc3cc(Cl)ccc3[nH]2)cc1. The van der Waals surface area contributed by atoms with Gasteiger partial charge in [0.2, 0.25) is 10.0 Å². The minimum atomic E-state index is -3.46. The number of amides is 1. The molecule has 1 heterocycles. The monoisotopic (exact) mass is 377 g/mol. The Hall–Kier alpha value is -2.35. The Morgan fingerprint density at radius 1 is 1.12 bits per heavy atom. The molecule has 8 heteroatoms. The van der Waals surface area contributed by atoms with Crippen LogP contribution < -0.4 is 10.0 Å². The van der Waals surface area contributed by atoms with Crippen molar-refractivity contribution in [3.63, 3.8) is 0 Å². The Labute approximate surface area is 150 Å². The van der Waals surface area contributed by atoms with E-state index in [1.165, 1.54) is 19.2 Å². The molecule has 0 spiro atoms. The molecule has 3 N–H and O–H groups in total. The van der Waals surface area contributed by atoms with Crippen molar-refractivity contribution >= 4 is 38.4 Å². The highest BCUT2D eigenvalue weighted by Gasteiger charge is 2.12. The normalized spacial score (nSPS) is 11.6. The molecule has 0 radical (unpaired) electrons. The zero-order valence-corrected chi connectivity index (χ0v) is 14.9. The maximum atomic E-state index is 12.3. The van der Waals surface area contributed by atoms with Crippen molar-refractivity contribution in [3.05, 3.63) is 64.8 Å². The Bertz CT molecular complexity index is 1030. The molecule has 0 saturated carbocycles. The van der Waals surface area contributed by atoms with E-state index >= 15 is 0 Å². The van der Waals surface area contributed by atoms with E-state index < -0.39 is 10.0 Å². The highest BCUT2D eigenvalue weighted by atomic mass is 35.5. The van der Waals surface area contributed by atoms with E-state index in [1.807, 2.05) is 6.07 Å². The lowest BCUT2D eigenvalue weighted by Crippen LogP contribution is -2.23. The van der Waals surface area contributed by atoms with E-state index in [0.717, 1.165) is 16.5 Å². The number of aromatic amines is 1. The average Bonchev–Trinajstić information content (AvgIpc) is 3.03. The third kappa shape index (κ3) is 3.84. The standard InChI is InChI=1S/C17H16ClN3O3S/c1-19-25(23,24)14-5-2-11(3-6-14)10-20-17(22)16-9-12-8-13(18)4-7-15(12)21-16/h2-9,19,21H,10H2,1H3,(H,20,22). The number of benzene rings is 2. The maximum absolute atomic E-state index is 12.3. The number of aromatic nitrogens is 1. The van der Waals surface area contributed by atoms with Crippen LogP contribution in [-0.2, 0) is 16.6 Å². The first-order chi connectivity index (χ1) is 11.9. The predicted molar refractivity (Wildman–Crippen MR) is 97.2 cm³/mol. The van der Waals surface area contributed by atoms with E-state index in [-0.39, 0.29) is 17.3 Å². The highest BCUT2D eigenvalue weighted by molar-refractivity contribution is 7.89. The number of sulfonamides is 1. The minimum absolute atomic E-state index is 0.178. The number of hydrogen-bond acceptors (Lipinski definition) is 3. The van der Waals surface area contributed by atoms with Gasteiger partial charge >= 0.3 is 0 Å². The van der Waals surface area contributed by atoms with Crippen LogP contribution >= 0.6 is 11.6 Å². The molecule has 1 aromatic heterocycles. The Balaban J connectivity index is 1.69. The largest absolute Gasteiger partial charge is 0.351 e. The van der Waals surface area contributed by atoms with Crippen LogP contribution in [-0.4, -0.2) is 26.4 Å². The van der Waals surface area contributed by atoms with Crippen molar-refractivity contribution in [3.8, 4) is 0 Å². The third-order valence-corrected chi connectivity index (χ3v) is 5.45. The third-order valence-electron chi connectivity index (χ3n) is 3.78. The summed E-state index contributed by atoms with van der Waals surface area (Å²) in [5, 5.41) is 4.26. The van der Waals surface area contributed by atoms with Crippen molar-refractivity contribution < 1.29 is 13.2 Å². The van der Waals surface area contributed by atoms with Crippen LogP contribution in [0.5, 0.6) is 0 Å². The van der Waals surface area contributed by atoms with Gasteiger partial charge in [-0.15, -0.1) is 0 Å². The van der Waals surface area contributed by atoms with Gasteiger partial charge in [0.15, 0.2) is 0 Å². The molecule has 0 aliphatic heterocycles. The van der Waals surface area contributed by atoms with Gasteiger partial charge in [-0.05, 0) is 49.0 Å². The van der Waals surface area contributed by atoms with Crippen molar-refractivity contribution in [2.75, 3.05) is 7.05 Å². The number of halogens is 1. The molecule has 6 nitrogen and oxygen atoms in total. The molecule has 130 valence electrons. The molecular weight excluding hydrogens is 362 g/mol. The summed E-state index contributed by atoms with van der Waals surface area (Å²) < 4.78 is 25.6. The summed E-state index contributed by atoms with van der Waals surface area (Å²) in [4.78, 5) is 15.5. The molecule has 0 aliphatic carbocycles. The molecule has 25 heavy (non-hydrogen) atoms. The fourth-order valence-electron chi connectivity index (χ4n) is 2.41. The summed E-state index contributed by atoms with van der Waals surface area (Å²) in [6.45, 7) is 0.287. The second kappa shape index (κ2) is 6.87. The predicted octanol–water partition coefficient (Wildman–Crippen LogP) is 2.66. The zero-order valence-electron chi connectivity index (χ0n) is 13.3. The van der Waals surface area contributed by atoms with Crippen molar-refractivity contribution in [1.82, 2.24) is 15.0 Å². The van der Waals surface area contributed by atoms with E-state index in [0.29, 0.717) is 10.7 Å². The molecule has 0 aliphatic rings. The number of carbonyl (C=O) groups is 1. The van der Waals surface area contributed by atoms with Crippen LogP contribution in [0.1, 0.15) is 16.1 Å². The Morgan fingerprint density at radius 2 is 1.84 bits per heavy atom. The maximum Gasteiger partial charge on any atom is 0.267 e. The molecule has 1 amide bonds. The first-order valence-corrected chi connectivity index (χ1v) is 9.34. The van der Waals surface area contributed by atoms with Gasteiger partial charge < -0.3 is 10.3 Å². The van der Waals surface area contributed by atoms with Crippen LogP contribution in [0.25, 0.3) is 10.9 Å². The van der Waals surface area contributed by atoms with Crippen LogP contribution in [0.4, 0.5) is 0 Å². The van der Waals surface area contributed by atoms with Crippen molar-refractivity contribution in [1.29, 1.82) is 0 Å². The molecule has 3 aromatic rings. The molecule has 0 atom stereocenters. The smallest absolute Gasteiger partial charge is 0.267 e. The zero-order chi connectivity index (χ0) is 18.0. The summed E-state index contributed by atoms with van der Waals surface area (Å²) >= 11 is 5.94. The lowest BCUT2D eigenvalue weighted by molar-refractivity contribution is 0.0946. The van der Waals surface area contributed by atoms with E-state index in [4.69, 9.17) is 11.6 Å². The summed E-state index contributed by atoms with van der Waals surface area (Å²) in [7, 11) is -2.10. The number of rotatable bonds is 5. The summed E-state index contributed by atoms with van der Waals surface area (Å²) in [5.41, 5.74) is 2.06. The quantitative estimate of drug-likeness (QED) is 0.638. The van der Waals surface area contributed by atoms with Gasteiger partial charge in [-0.2, -0.15) is 0 Å². The highest BCUT2D eigenvalue weighted by Crippen LogP contribution is 2.20.